The highest BCUT2D eigenvalue weighted by Crippen LogP contribution is 2.22. The first-order valence-electron chi connectivity index (χ1n) is 8.88. The van der Waals surface area contributed by atoms with Crippen molar-refractivity contribution in [2.24, 2.45) is 0 Å². The summed E-state index contributed by atoms with van der Waals surface area (Å²) in [6.45, 7) is 2.79. The maximum atomic E-state index is 11.9. The van der Waals surface area contributed by atoms with Crippen molar-refractivity contribution >= 4 is 11.7 Å². The number of benzene rings is 1. The Balaban J connectivity index is 1.35. The second-order valence-corrected chi connectivity index (χ2v) is 6.29. The van der Waals surface area contributed by atoms with Gasteiger partial charge in [-0.1, -0.05) is 30.3 Å². The minimum atomic E-state index is 0.0416. The van der Waals surface area contributed by atoms with E-state index in [9.17, 15) is 4.79 Å². The van der Waals surface area contributed by atoms with Gasteiger partial charge in [-0.2, -0.15) is 5.10 Å². The molecule has 0 unspecified atom stereocenters. The number of aromatic nitrogens is 2. The topological polar surface area (TPSA) is 70.2 Å². The van der Waals surface area contributed by atoms with E-state index in [0.29, 0.717) is 19.1 Å². The zero-order valence-electron chi connectivity index (χ0n) is 14.4. The van der Waals surface area contributed by atoms with E-state index in [0.717, 1.165) is 38.2 Å². The Bertz CT molecular complexity index is 649. The third-order valence-electron chi connectivity index (χ3n) is 4.47. The summed E-state index contributed by atoms with van der Waals surface area (Å²) in [5.74, 6) is 0.957. The van der Waals surface area contributed by atoms with E-state index in [-0.39, 0.29) is 5.91 Å². The molecule has 1 atom stereocenters. The van der Waals surface area contributed by atoms with Gasteiger partial charge in [0.25, 0.3) is 0 Å². The summed E-state index contributed by atoms with van der Waals surface area (Å²) in [5, 5.41) is 14.4. The number of rotatable bonds is 8. The van der Waals surface area contributed by atoms with E-state index < -0.39 is 0 Å². The SMILES string of the molecule is O=C(CNC[C@H]1CCCN1c1cccnn1)NCCc1ccccc1. The molecule has 6 nitrogen and oxygen atoms in total. The van der Waals surface area contributed by atoms with Crippen molar-refractivity contribution in [3.05, 3.63) is 54.2 Å². The molecule has 1 aliphatic heterocycles. The van der Waals surface area contributed by atoms with Crippen LogP contribution >= 0.6 is 0 Å². The minimum absolute atomic E-state index is 0.0416. The molecule has 1 aromatic heterocycles. The van der Waals surface area contributed by atoms with Crippen molar-refractivity contribution in [2.75, 3.05) is 31.1 Å². The fraction of sp³-hybridized carbons (Fsp3) is 0.421. The lowest BCUT2D eigenvalue weighted by atomic mass is 10.1. The van der Waals surface area contributed by atoms with Crippen molar-refractivity contribution in [2.45, 2.75) is 25.3 Å². The summed E-state index contributed by atoms with van der Waals surface area (Å²) in [6, 6.07) is 14.4. The van der Waals surface area contributed by atoms with Crippen molar-refractivity contribution in [1.82, 2.24) is 20.8 Å². The number of carbonyl (C=O) groups excluding carboxylic acids is 1. The number of hydrogen-bond acceptors (Lipinski definition) is 5. The van der Waals surface area contributed by atoms with Crippen LogP contribution in [0.5, 0.6) is 0 Å². The molecule has 0 bridgehead atoms. The lowest BCUT2D eigenvalue weighted by molar-refractivity contribution is -0.120. The Morgan fingerprint density at radius 3 is 2.88 bits per heavy atom. The van der Waals surface area contributed by atoms with Gasteiger partial charge in [-0.3, -0.25) is 4.79 Å². The Morgan fingerprint density at radius 2 is 2.08 bits per heavy atom. The lowest BCUT2D eigenvalue weighted by Crippen LogP contribution is -2.42. The summed E-state index contributed by atoms with van der Waals surface area (Å²) < 4.78 is 0. The quantitative estimate of drug-likeness (QED) is 0.761. The Hall–Kier alpha value is -2.47. The van der Waals surface area contributed by atoms with Crippen molar-refractivity contribution in [3.8, 4) is 0 Å². The number of amides is 1. The number of nitrogens with zero attached hydrogens (tertiary/aromatic N) is 3. The molecule has 1 amide bonds. The third kappa shape index (κ3) is 5.26. The predicted octanol–water partition coefficient (Wildman–Crippen LogP) is 1.39. The molecule has 1 saturated heterocycles. The lowest BCUT2D eigenvalue weighted by Gasteiger charge is -2.25. The molecule has 2 heterocycles. The van der Waals surface area contributed by atoms with Crippen LogP contribution in [0.3, 0.4) is 0 Å². The van der Waals surface area contributed by atoms with Gasteiger partial charge in [0, 0.05) is 31.9 Å². The van der Waals surface area contributed by atoms with Crippen LogP contribution in [-0.2, 0) is 11.2 Å². The molecule has 0 spiro atoms. The number of carbonyl (C=O) groups is 1. The second kappa shape index (κ2) is 9.13. The summed E-state index contributed by atoms with van der Waals surface area (Å²) in [7, 11) is 0. The number of hydrogen-bond donors (Lipinski definition) is 2. The predicted molar refractivity (Wildman–Crippen MR) is 98.4 cm³/mol. The molecule has 3 rings (SSSR count). The second-order valence-electron chi connectivity index (χ2n) is 6.29. The van der Waals surface area contributed by atoms with Crippen LogP contribution in [-0.4, -0.2) is 48.3 Å². The summed E-state index contributed by atoms with van der Waals surface area (Å²) in [6.07, 6.45) is 4.80. The van der Waals surface area contributed by atoms with Crippen LogP contribution in [0.25, 0.3) is 0 Å². The van der Waals surface area contributed by atoms with Crippen molar-refractivity contribution in [3.63, 3.8) is 0 Å². The van der Waals surface area contributed by atoms with Gasteiger partial charge in [0.2, 0.25) is 5.91 Å². The first-order chi connectivity index (χ1) is 12.3. The minimum Gasteiger partial charge on any atom is -0.355 e. The van der Waals surface area contributed by atoms with Gasteiger partial charge in [-0.15, -0.1) is 5.10 Å². The fourth-order valence-electron chi connectivity index (χ4n) is 3.20. The summed E-state index contributed by atoms with van der Waals surface area (Å²) in [4.78, 5) is 14.2. The van der Waals surface area contributed by atoms with Gasteiger partial charge in [0.05, 0.1) is 6.54 Å². The first-order valence-corrected chi connectivity index (χ1v) is 8.88. The number of nitrogens with one attached hydrogen (secondary N) is 2. The van der Waals surface area contributed by atoms with Gasteiger partial charge in [-0.25, -0.2) is 0 Å². The van der Waals surface area contributed by atoms with Crippen molar-refractivity contribution in [1.29, 1.82) is 0 Å². The zero-order valence-corrected chi connectivity index (χ0v) is 14.4. The van der Waals surface area contributed by atoms with Gasteiger partial charge < -0.3 is 15.5 Å². The van der Waals surface area contributed by atoms with E-state index in [4.69, 9.17) is 0 Å². The van der Waals surface area contributed by atoms with Crippen LogP contribution < -0.4 is 15.5 Å². The van der Waals surface area contributed by atoms with Gasteiger partial charge >= 0.3 is 0 Å². The average molecular weight is 339 g/mol. The van der Waals surface area contributed by atoms with E-state index in [2.05, 4.69) is 37.9 Å². The highest BCUT2D eigenvalue weighted by molar-refractivity contribution is 5.77. The normalized spacial score (nSPS) is 16.8. The summed E-state index contributed by atoms with van der Waals surface area (Å²) >= 11 is 0. The fourth-order valence-corrected chi connectivity index (χ4v) is 3.20. The van der Waals surface area contributed by atoms with Crippen LogP contribution in [0.1, 0.15) is 18.4 Å². The molecule has 1 fully saturated rings. The maximum Gasteiger partial charge on any atom is 0.233 e. The molecule has 0 aliphatic carbocycles. The highest BCUT2D eigenvalue weighted by Gasteiger charge is 2.25. The van der Waals surface area contributed by atoms with E-state index >= 15 is 0 Å². The van der Waals surface area contributed by atoms with Crippen molar-refractivity contribution < 1.29 is 4.79 Å². The van der Waals surface area contributed by atoms with Crippen LogP contribution in [0, 0.1) is 0 Å². The van der Waals surface area contributed by atoms with Gasteiger partial charge in [0.15, 0.2) is 5.82 Å². The largest absolute Gasteiger partial charge is 0.355 e. The third-order valence-corrected chi connectivity index (χ3v) is 4.47. The molecular formula is C19H25N5O. The van der Waals surface area contributed by atoms with Crippen LogP contribution in [0.2, 0.25) is 0 Å². The molecular weight excluding hydrogens is 314 g/mol. The standard InChI is InChI=1S/C19H25N5O/c25-19(21-12-10-16-6-2-1-3-7-16)15-20-14-17-8-5-13-24(17)18-9-4-11-22-23-18/h1-4,6-7,9,11,17,20H,5,8,10,12-15H2,(H,21,25)/t17-/m1/s1. The van der Waals surface area contributed by atoms with Gasteiger partial charge in [-0.05, 0) is 37.0 Å². The Morgan fingerprint density at radius 1 is 1.20 bits per heavy atom. The molecule has 0 saturated carbocycles. The maximum absolute atomic E-state index is 11.9. The van der Waals surface area contributed by atoms with E-state index in [1.807, 2.05) is 30.3 Å². The van der Waals surface area contributed by atoms with Gasteiger partial charge in [0.1, 0.15) is 0 Å². The first kappa shape index (κ1) is 17.4. The Labute approximate surface area is 148 Å². The van der Waals surface area contributed by atoms with E-state index in [1.54, 1.807) is 6.20 Å². The molecule has 1 aromatic carbocycles. The molecule has 1 aliphatic rings. The average Bonchev–Trinajstić information content (AvgIpc) is 3.12. The molecule has 25 heavy (non-hydrogen) atoms. The monoisotopic (exact) mass is 339 g/mol. The van der Waals surface area contributed by atoms with Crippen LogP contribution in [0.4, 0.5) is 5.82 Å². The zero-order chi connectivity index (χ0) is 17.3. The molecule has 132 valence electrons. The molecule has 0 radical (unpaired) electrons. The summed E-state index contributed by atoms with van der Waals surface area (Å²) in [5.41, 5.74) is 1.24. The molecule has 2 N–H and O–H groups in total. The molecule has 2 aromatic rings. The van der Waals surface area contributed by atoms with E-state index in [1.165, 1.54) is 5.56 Å². The highest BCUT2D eigenvalue weighted by atomic mass is 16.1. The molecule has 6 heteroatoms. The number of anilines is 1. The Kier molecular flexibility index (Phi) is 6.34. The smallest absolute Gasteiger partial charge is 0.233 e. The van der Waals surface area contributed by atoms with Crippen LogP contribution in [0.15, 0.2) is 48.7 Å².